The van der Waals surface area contributed by atoms with E-state index in [1.807, 2.05) is 113 Å². The van der Waals surface area contributed by atoms with E-state index >= 15 is 0 Å². The Morgan fingerprint density at radius 3 is 2.32 bits per heavy atom. The third kappa shape index (κ3) is 4.89. The normalized spacial score (nSPS) is 14.4. The Bertz CT molecular complexity index is 1580. The third-order valence-electron chi connectivity index (χ3n) is 5.77. The van der Waals surface area contributed by atoms with Crippen LogP contribution in [0.3, 0.4) is 0 Å². The van der Waals surface area contributed by atoms with Crippen LogP contribution in [0.2, 0.25) is 0 Å². The van der Waals surface area contributed by atoms with Gasteiger partial charge in [-0.15, -0.1) is 11.3 Å². The van der Waals surface area contributed by atoms with Gasteiger partial charge in [-0.05, 0) is 53.9 Å². The molecule has 0 radical (unpaired) electrons. The van der Waals surface area contributed by atoms with Gasteiger partial charge in [-0.2, -0.15) is 15.2 Å². The van der Waals surface area contributed by atoms with Crippen molar-refractivity contribution in [1.82, 2.24) is 14.8 Å². The Labute approximate surface area is 222 Å². The molecule has 0 saturated heterocycles. The minimum atomic E-state index is -0.160. The van der Waals surface area contributed by atoms with Gasteiger partial charge in [-0.25, -0.2) is 9.67 Å². The molecule has 0 spiro atoms. The fourth-order valence-electron chi connectivity index (χ4n) is 3.99. The van der Waals surface area contributed by atoms with Gasteiger partial charge < -0.3 is 0 Å². The van der Waals surface area contributed by atoms with E-state index in [1.165, 1.54) is 5.01 Å². The molecule has 0 saturated carbocycles. The third-order valence-corrected chi connectivity index (χ3v) is 7.60. The van der Waals surface area contributed by atoms with Crippen molar-refractivity contribution >= 4 is 46.5 Å². The first-order chi connectivity index (χ1) is 18.3. The second-order valence-corrected chi connectivity index (χ2v) is 10.1. The lowest BCUT2D eigenvalue weighted by Gasteiger charge is -2.10. The molecule has 37 heavy (non-hydrogen) atoms. The van der Waals surface area contributed by atoms with Crippen LogP contribution in [0.4, 0.5) is 5.69 Å². The number of hydrogen-bond donors (Lipinski definition) is 0. The summed E-state index contributed by atoms with van der Waals surface area (Å²) in [6.45, 7) is 0. The standard InChI is InChI=1S/C29H21N5OS2/c35-29-24(18-21-19-33(22-10-3-1-4-11-22)32-28(21)26-14-9-17-36-26)25(20-37-27-15-7-8-16-30-27)31-34(29)23-12-5-2-6-13-23/h1-19H,20H2. The van der Waals surface area contributed by atoms with Crippen molar-refractivity contribution in [3.05, 3.63) is 120 Å². The molecule has 0 aliphatic carbocycles. The summed E-state index contributed by atoms with van der Waals surface area (Å²) in [6, 6.07) is 29.3. The number of pyridine rings is 1. The fraction of sp³-hybridized carbons (Fsp3) is 0.0345. The van der Waals surface area contributed by atoms with Gasteiger partial charge in [0.15, 0.2) is 0 Å². The lowest BCUT2D eigenvalue weighted by Crippen LogP contribution is -2.21. The van der Waals surface area contributed by atoms with Crippen LogP contribution in [0.25, 0.3) is 22.3 Å². The highest BCUT2D eigenvalue weighted by Crippen LogP contribution is 2.32. The summed E-state index contributed by atoms with van der Waals surface area (Å²) in [5.74, 6) is 0.353. The molecule has 0 N–H and O–H groups in total. The first-order valence-electron chi connectivity index (χ1n) is 11.7. The van der Waals surface area contributed by atoms with Gasteiger partial charge in [0.05, 0.1) is 32.6 Å². The molecule has 1 amide bonds. The van der Waals surface area contributed by atoms with Crippen LogP contribution < -0.4 is 5.01 Å². The van der Waals surface area contributed by atoms with Crippen molar-refractivity contribution in [3.8, 4) is 16.3 Å². The van der Waals surface area contributed by atoms with Gasteiger partial charge in [0.2, 0.25) is 0 Å². The number of carbonyl (C=O) groups excluding carboxylic acids is 1. The van der Waals surface area contributed by atoms with Crippen LogP contribution in [0.5, 0.6) is 0 Å². The summed E-state index contributed by atoms with van der Waals surface area (Å²) in [5.41, 5.74) is 4.63. The maximum Gasteiger partial charge on any atom is 0.280 e. The Kier molecular flexibility index (Phi) is 6.49. The molecule has 1 aliphatic heterocycles. The predicted octanol–water partition coefficient (Wildman–Crippen LogP) is 6.57. The number of nitrogens with zero attached hydrogens (tertiary/aromatic N) is 5. The van der Waals surface area contributed by atoms with Crippen LogP contribution in [0, 0.1) is 0 Å². The number of amides is 1. The molecule has 0 fully saturated rings. The highest BCUT2D eigenvalue weighted by atomic mass is 32.2. The molecule has 4 heterocycles. The van der Waals surface area contributed by atoms with E-state index in [-0.39, 0.29) is 5.91 Å². The monoisotopic (exact) mass is 519 g/mol. The summed E-state index contributed by atoms with van der Waals surface area (Å²) in [7, 11) is 0. The molecule has 6 nitrogen and oxygen atoms in total. The largest absolute Gasteiger partial charge is 0.280 e. The molecule has 5 aromatic rings. The average Bonchev–Trinajstić information content (AvgIpc) is 3.70. The van der Waals surface area contributed by atoms with Crippen LogP contribution in [-0.4, -0.2) is 32.1 Å². The van der Waals surface area contributed by atoms with Crippen molar-refractivity contribution in [2.45, 2.75) is 5.03 Å². The number of rotatable bonds is 7. The molecule has 0 atom stereocenters. The van der Waals surface area contributed by atoms with Gasteiger partial charge in [0, 0.05) is 23.7 Å². The summed E-state index contributed by atoms with van der Waals surface area (Å²) in [4.78, 5) is 19.1. The van der Waals surface area contributed by atoms with E-state index in [2.05, 4.69) is 4.98 Å². The lowest BCUT2D eigenvalue weighted by atomic mass is 10.1. The van der Waals surface area contributed by atoms with E-state index in [9.17, 15) is 4.79 Å². The predicted molar refractivity (Wildman–Crippen MR) is 151 cm³/mol. The molecule has 3 aromatic heterocycles. The fourth-order valence-corrected chi connectivity index (χ4v) is 5.53. The number of carbonyl (C=O) groups is 1. The second kappa shape index (κ2) is 10.4. The number of thioether (sulfide) groups is 1. The van der Waals surface area contributed by atoms with Gasteiger partial charge in [-0.3, -0.25) is 4.79 Å². The topological polar surface area (TPSA) is 63.4 Å². The first kappa shape index (κ1) is 23.1. The van der Waals surface area contributed by atoms with Crippen LogP contribution in [0.15, 0.2) is 124 Å². The van der Waals surface area contributed by atoms with Gasteiger partial charge in [-0.1, -0.05) is 60.3 Å². The molecule has 180 valence electrons. The van der Waals surface area contributed by atoms with Crippen molar-refractivity contribution in [1.29, 1.82) is 0 Å². The quantitative estimate of drug-likeness (QED) is 0.180. The maximum atomic E-state index is 13.7. The number of hydrazone groups is 1. The van der Waals surface area contributed by atoms with E-state index in [4.69, 9.17) is 10.2 Å². The molecule has 1 aliphatic rings. The molecule has 0 bridgehead atoms. The average molecular weight is 520 g/mol. The zero-order chi connectivity index (χ0) is 25.0. The number of para-hydroxylation sites is 2. The molecule has 0 unspecified atom stereocenters. The Hall–Kier alpha value is -4.27. The van der Waals surface area contributed by atoms with E-state index < -0.39 is 0 Å². The summed E-state index contributed by atoms with van der Waals surface area (Å²) in [6.07, 6.45) is 5.66. The van der Waals surface area contributed by atoms with E-state index in [0.717, 1.165) is 32.5 Å². The van der Waals surface area contributed by atoms with Crippen molar-refractivity contribution in [2.24, 2.45) is 5.10 Å². The molecular formula is C29H21N5OS2. The molecular weight excluding hydrogens is 498 g/mol. The number of aromatic nitrogens is 3. The van der Waals surface area contributed by atoms with E-state index in [1.54, 1.807) is 29.3 Å². The van der Waals surface area contributed by atoms with Crippen LogP contribution in [0.1, 0.15) is 5.56 Å². The number of benzene rings is 2. The van der Waals surface area contributed by atoms with E-state index in [0.29, 0.717) is 17.0 Å². The highest BCUT2D eigenvalue weighted by Gasteiger charge is 2.31. The van der Waals surface area contributed by atoms with Crippen molar-refractivity contribution < 1.29 is 4.79 Å². The number of thiophene rings is 1. The molecule has 2 aromatic carbocycles. The molecule has 6 rings (SSSR count). The summed E-state index contributed by atoms with van der Waals surface area (Å²) < 4.78 is 1.86. The van der Waals surface area contributed by atoms with Gasteiger partial charge in [0.1, 0.15) is 5.69 Å². The Morgan fingerprint density at radius 1 is 0.865 bits per heavy atom. The minimum absolute atomic E-state index is 0.160. The Balaban J connectivity index is 1.42. The van der Waals surface area contributed by atoms with Crippen LogP contribution in [-0.2, 0) is 4.79 Å². The van der Waals surface area contributed by atoms with Gasteiger partial charge >= 0.3 is 0 Å². The Morgan fingerprint density at radius 2 is 1.62 bits per heavy atom. The highest BCUT2D eigenvalue weighted by molar-refractivity contribution is 8.00. The molecule has 8 heteroatoms. The van der Waals surface area contributed by atoms with Crippen LogP contribution >= 0.6 is 23.1 Å². The maximum absolute atomic E-state index is 13.7. The summed E-state index contributed by atoms with van der Waals surface area (Å²) >= 11 is 3.18. The zero-order valence-corrected chi connectivity index (χ0v) is 21.3. The first-order valence-corrected chi connectivity index (χ1v) is 13.5. The van der Waals surface area contributed by atoms with Crippen molar-refractivity contribution in [2.75, 3.05) is 10.8 Å². The number of anilines is 1. The second-order valence-electron chi connectivity index (χ2n) is 8.20. The summed E-state index contributed by atoms with van der Waals surface area (Å²) in [5, 5.41) is 14.0. The number of hydrogen-bond acceptors (Lipinski definition) is 6. The minimum Gasteiger partial charge on any atom is -0.267 e. The van der Waals surface area contributed by atoms with Crippen molar-refractivity contribution in [3.63, 3.8) is 0 Å². The van der Waals surface area contributed by atoms with Gasteiger partial charge in [0.25, 0.3) is 5.91 Å². The SMILES string of the molecule is O=C1C(=Cc2cn(-c3ccccc3)nc2-c2cccs2)C(CSc2ccccn2)=NN1c1ccccc1. The zero-order valence-electron chi connectivity index (χ0n) is 19.6. The smallest absolute Gasteiger partial charge is 0.267 e. The lowest BCUT2D eigenvalue weighted by molar-refractivity contribution is -0.114.